The fourth-order valence-corrected chi connectivity index (χ4v) is 5.04. The Morgan fingerprint density at radius 1 is 0.822 bits per heavy atom. The van der Waals surface area contributed by atoms with Gasteiger partial charge in [0, 0.05) is 29.2 Å². The summed E-state index contributed by atoms with van der Waals surface area (Å²) >= 11 is 0.979. The second-order valence-corrected chi connectivity index (χ2v) is 10.1. The SMILES string of the molecule is COc1ccc(CC(C(=O)c2ccc(OCc3ccccc3)cc2)=C(C(=O)[O-])c2ccc3nsnc3c2)c(OCC(=O)O)c1.[Na+]. The number of hydrogen-bond donors (Lipinski definition) is 1. The standard InChI is InChI=1S/C33H26N2O8S.Na/c1-41-25-13-9-22(29(17-25)43-19-30(36)37)15-26(31(33(39)40)23-10-14-27-28(16-23)35-44-34-27)32(38)21-7-11-24(12-8-21)42-18-20-5-3-2-4-6-20;/h2-14,16-17H,15,18-19H2,1H3,(H,36,37)(H,39,40);/q;+1/p-1. The summed E-state index contributed by atoms with van der Waals surface area (Å²) in [4.78, 5) is 38.1. The van der Waals surface area contributed by atoms with Gasteiger partial charge in [0.2, 0.25) is 0 Å². The number of allylic oxidation sites excluding steroid dienone is 1. The van der Waals surface area contributed by atoms with Gasteiger partial charge in [0.15, 0.2) is 12.4 Å². The number of ether oxygens (including phenoxy) is 3. The van der Waals surface area contributed by atoms with Crippen molar-refractivity contribution in [1.82, 2.24) is 8.75 Å². The van der Waals surface area contributed by atoms with Crippen molar-refractivity contribution in [3.05, 3.63) is 119 Å². The molecule has 0 spiro atoms. The molecular formula is C33H25N2NaO8S. The number of aromatic nitrogens is 2. The molecule has 0 amide bonds. The van der Waals surface area contributed by atoms with Crippen LogP contribution >= 0.6 is 11.7 Å². The fourth-order valence-electron chi connectivity index (χ4n) is 4.52. The van der Waals surface area contributed by atoms with E-state index in [9.17, 15) is 24.6 Å². The molecule has 0 fully saturated rings. The quantitative estimate of drug-likeness (QED) is 0.115. The van der Waals surface area contributed by atoms with Crippen molar-refractivity contribution in [3.63, 3.8) is 0 Å². The topological polar surface area (TPSA) is 148 Å². The van der Waals surface area contributed by atoms with E-state index in [1.807, 2.05) is 30.3 Å². The molecular weight excluding hydrogens is 607 g/mol. The number of nitrogens with zero attached hydrogens (tertiary/aromatic N) is 2. The number of methoxy groups -OCH3 is 1. The van der Waals surface area contributed by atoms with Gasteiger partial charge in [-0.05, 0) is 59.2 Å². The molecule has 5 rings (SSSR count). The largest absolute Gasteiger partial charge is 1.00 e. The van der Waals surface area contributed by atoms with Gasteiger partial charge in [0.1, 0.15) is 34.9 Å². The van der Waals surface area contributed by atoms with Gasteiger partial charge >= 0.3 is 35.5 Å². The van der Waals surface area contributed by atoms with Crippen LogP contribution in [0.4, 0.5) is 0 Å². The summed E-state index contributed by atoms with van der Waals surface area (Å²) in [6.45, 7) is -0.322. The first-order valence-corrected chi connectivity index (χ1v) is 14.1. The summed E-state index contributed by atoms with van der Waals surface area (Å²) in [6.07, 6.45) is -0.222. The van der Waals surface area contributed by atoms with Crippen LogP contribution in [0, 0.1) is 0 Å². The van der Waals surface area contributed by atoms with Crippen molar-refractivity contribution in [2.45, 2.75) is 13.0 Å². The van der Waals surface area contributed by atoms with E-state index in [-0.39, 0.29) is 64.0 Å². The Hall–Kier alpha value is -4.55. The van der Waals surface area contributed by atoms with E-state index in [2.05, 4.69) is 8.75 Å². The van der Waals surface area contributed by atoms with Crippen molar-refractivity contribution < 1.29 is 68.4 Å². The molecule has 45 heavy (non-hydrogen) atoms. The van der Waals surface area contributed by atoms with Crippen molar-refractivity contribution in [2.24, 2.45) is 0 Å². The summed E-state index contributed by atoms with van der Waals surface area (Å²) in [5, 5.41) is 21.9. The number of fused-ring (bicyclic) bond motifs is 1. The molecule has 0 saturated heterocycles. The van der Waals surface area contributed by atoms with Gasteiger partial charge in [-0.1, -0.05) is 42.5 Å². The minimum Gasteiger partial charge on any atom is -0.545 e. The van der Waals surface area contributed by atoms with Gasteiger partial charge in [-0.15, -0.1) is 0 Å². The van der Waals surface area contributed by atoms with Gasteiger partial charge in [-0.2, -0.15) is 8.75 Å². The second-order valence-electron chi connectivity index (χ2n) is 9.57. The van der Waals surface area contributed by atoms with E-state index in [4.69, 9.17) is 14.2 Å². The van der Waals surface area contributed by atoms with Gasteiger partial charge in [0.05, 0.1) is 24.8 Å². The van der Waals surface area contributed by atoms with E-state index in [0.717, 1.165) is 17.3 Å². The Balaban J connectivity index is 0.00000461. The second kappa shape index (κ2) is 15.4. The van der Waals surface area contributed by atoms with Crippen molar-refractivity contribution in [1.29, 1.82) is 0 Å². The summed E-state index contributed by atoms with van der Waals surface area (Å²) in [7, 11) is 1.44. The zero-order valence-electron chi connectivity index (χ0n) is 24.4. The molecule has 0 aliphatic heterocycles. The average Bonchev–Trinajstić information content (AvgIpc) is 3.51. The molecule has 1 heterocycles. The van der Waals surface area contributed by atoms with Gasteiger partial charge in [0.25, 0.3) is 0 Å². The monoisotopic (exact) mass is 632 g/mol. The molecule has 10 nitrogen and oxygen atoms in total. The molecule has 222 valence electrons. The maximum absolute atomic E-state index is 14.1. The van der Waals surface area contributed by atoms with E-state index < -0.39 is 24.3 Å². The molecule has 0 unspecified atom stereocenters. The predicted octanol–water partition coefficient (Wildman–Crippen LogP) is 1.38. The van der Waals surface area contributed by atoms with Crippen molar-refractivity contribution in [3.8, 4) is 17.2 Å². The smallest absolute Gasteiger partial charge is 0.545 e. The van der Waals surface area contributed by atoms with Crippen LogP contribution in [0.3, 0.4) is 0 Å². The third kappa shape index (κ3) is 8.34. The number of benzene rings is 4. The first-order valence-electron chi connectivity index (χ1n) is 13.3. The zero-order chi connectivity index (χ0) is 31.1. The van der Waals surface area contributed by atoms with Gasteiger partial charge in [-0.25, -0.2) is 4.79 Å². The predicted molar refractivity (Wildman–Crippen MR) is 161 cm³/mol. The summed E-state index contributed by atoms with van der Waals surface area (Å²) in [5.74, 6) is -2.31. The van der Waals surface area contributed by atoms with Crippen LogP contribution in [0.15, 0.2) is 96.6 Å². The minimum atomic E-state index is -1.57. The number of hydrogen-bond acceptors (Lipinski definition) is 10. The van der Waals surface area contributed by atoms with E-state index >= 15 is 0 Å². The van der Waals surface area contributed by atoms with Crippen LogP contribution in [0.5, 0.6) is 17.2 Å². The minimum absolute atomic E-state index is 0. The zero-order valence-corrected chi connectivity index (χ0v) is 27.2. The van der Waals surface area contributed by atoms with Crippen LogP contribution in [-0.2, 0) is 22.6 Å². The van der Waals surface area contributed by atoms with Crippen LogP contribution < -0.4 is 48.9 Å². The molecule has 0 aliphatic rings. The van der Waals surface area contributed by atoms with E-state index in [1.54, 1.807) is 48.5 Å². The molecule has 0 bridgehead atoms. The molecule has 0 atom stereocenters. The molecule has 0 aliphatic carbocycles. The summed E-state index contributed by atoms with van der Waals surface area (Å²) < 4.78 is 24.9. The number of carboxylic acids is 2. The maximum atomic E-state index is 14.1. The molecule has 4 aromatic carbocycles. The molecule has 12 heteroatoms. The average molecular weight is 633 g/mol. The third-order valence-electron chi connectivity index (χ3n) is 6.68. The van der Waals surface area contributed by atoms with Gasteiger partial charge < -0.3 is 29.2 Å². The van der Waals surface area contributed by atoms with Crippen LogP contribution in [0.1, 0.15) is 27.0 Å². The molecule has 0 radical (unpaired) electrons. The number of ketones is 1. The summed E-state index contributed by atoms with van der Waals surface area (Å²) in [5.41, 5.74) is 2.37. The Bertz CT molecular complexity index is 1860. The van der Waals surface area contributed by atoms with Gasteiger partial charge in [-0.3, -0.25) is 4.79 Å². The first kappa shape index (κ1) is 33.3. The molecule has 0 saturated carbocycles. The third-order valence-corrected chi connectivity index (χ3v) is 7.24. The Morgan fingerprint density at radius 3 is 2.20 bits per heavy atom. The number of carbonyl (C=O) groups is 3. The number of carboxylic acid groups (broad SMARTS) is 2. The number of Topliss-reactive ketones (excluding diaryl/α,β-unsaturated/α-hetero) is 1. The van der Waals surface area contributed by atoms with E-state index in [1.165, 1.54) is 19.2 Å². The normalized spacial score (nSPS) is 11.2. The van der Waals surface area contributed by atoms with E-state index in [0.29, 0.717) is 34.7 Å². The van der Waals surface area contributed by atoms with Crippen molar-refractivity contribution >= 4 is 46.1 Å². The van der Waals surface area contributed by atoms with Crippen molar-refractivity contribution in [2.75, 3.05) is 13.7 Å². The number of carbonyl (C=O) groups excluding carboxylic acids is 2. The molecule has 5 aromatic rings. The first-order chi connectivity index (χ1) is 21.3. The fraction of sp³-hybridized carbons (Fsp3) is 0.121. The van der Waals surface area contributed by atoms with Crippen LogP contribution in [-0.4, -0.2) is 45.3 Å². The summed E-state index contributed by atoms with van der Waals surface area (Å²) in [6, 6.07) is 25.3. The molecule has 1 N–H and O–H groups in total. The Labute approximate surface area is 284 Å². The Morgan fingerprint density at radius 2 is 1.51 bits per heavy atom. The van der Waals surface area contributed by atoms with Crippen LogP contribution in [0.25, 0.3) is 16.6 Å². The Kier molecular flexibility index (Phi) is 11.4. The maximum Gasteiger partial charge on any atom is 1.00 e. The number of rotatable bonds is 13. The van der Waals surface area contributed by atoms with Crippen LogP contribution in [0.2, 0.25) is 0 Å². The number of aliphatic carboxylic acids is 2. The molecule has 1 aromatic heterocycles.